The molecule has 4 N–H and O–H groups in total. The number of H-pyrrole nitrogens is 2. The second-order valence-corrected chi connectivity index (χ2v) is 14.8. The number of piperidine rings is 1. The third-order valence-electron chi connectivity index (χ3n) is 11.6. The first-order chi connectivity index (χ1) is 24.4. The van der Waals surface area contributed by atoms with E-state index in [0.29, 0.717) is 31.0 Å². The van der Waals surface area contributed by atoms with Crippen molar-refractivity contribution in [3.8, 4) is 33.5 Å². The molecule has 4 aliphatic heterocycles. The van der Waals surface area contributed by atoms with Crippen LogP contribution in [0.4, 0.5) is 0 Å². The van der Waals surface area contributed by atoms with E-state index in [1.165, 1.54) is 45.4 Å². The lowest BCUT2D eigenvalue weighted by molar-refractivity contribution is -0.132. The monoisotopic (exact) mass is 668 g/mol. The van der Waals surface area contributed by atoms with Crippen LogP contribution in [0.5, 0.6) is 0 Å². The number of benzene rings is 3. The highest BCUT2D eigenvalue weighted by Gasteiger charge is 2.40. The fourth-order valence-corrected chi connectivity index (χ4v) is 9.24. The molecule has 0 saturated carbocycles. The van der Waals surface area contributed by atoms with E-state index in [1.54, 1.807) is 0 Å². The van der Waals surface area contributed by atoms with Gasteiger partial charge in [0.15, 0.2) is 0 Å². The molecular formula is C40H44N8O2. The van der Waals surface area contributed by atoms with Gasteiger partial charge in [0, 0.05) is 24.2 Å². The molecule has 5 unspecified atom stereocenters. The van der Waals surface area contributed by atoms with Gasteiger partial charge in [0.25, 0.3) is 0 Å². The highest BCUT2D eigenvalue weighted by Crippen LogP contribution is 2.52. The van der Waals surface area contributed by atoms with Crippen LogP contribution in [-0.2, 0) is 9.59 Å². The van der Waals surface area contributed by atoms with Crippen molar-refractivity contribution >= 4 is 23.4 Å². The van der Waals surface area contributed by atoms with Gasteiger partial charge < -0.3 is 25.5 Å². The van der Waals surface area contributed by atoms with Crippen LogP contribution in [0.15, 0.2) is 60.8 Å². The zero-order chi connectivity index (χ0) is 33.9. The van der Waals surface area contributed by atoms with Gasteiger partial charge in [0.1, 0.15) is 11.6 Å². The smallest absolute Gasteiger partial charge is 0.242 e. The summed E-state index contributed by atoms with van der Waals surface area (Å²) >= 11 is 0. The summed E-state index contributed by atoms with van der Waals surface area (Å²) in [7, 11) is 2.19. The second kappa shape index (κ2) is 12.5. The zero-order valence-electron chi connectivity index (χ0n) is 28.7. The van der Waals surface area contributed by atoms with Crippen molar-refractivity contribution in [2.24, 2.45) is 5.92 Å². The predicted molar refractivity (Wildman–Crippen MR) is 194 cm³/mol. The van der Waals surface area contributed by atoms with E-state index in [9.17, 15) is 9.59 Å². The summed E-state index contributed by atoms with van der Waals surface area (Å²) in [5.74, 6) is 2.43. The summed E-state index contributed by atoms with van der Waals surface area (Å²) < 4.78 is 0. The first-order valence-electron chi connectivity index (χ1n) is 18.2. The number of aromatic nitrogens is 4. The maximum absolute atomic E-state index is 12.8. The van der Waals surface area contributed by atoms with Crippen LogP contribution in [0.2, 0.25) is 0 Å². The molecule has 50 heavy (non-hydrogen) atoms. The van der Waals surface area contributed by atoms with E-state index in [0.717, 1.165) is 67.0 Å². The highest BCUT2D eigenvalue weighted by molar-refractivity contribution is 5.84. The number of carbonyl (C=O) groups is 2. The Balaban J connectivity index is 1.02. The minimum Gasteiger partial charge on any atom is -0.350 e. The van der Waals surface area contributed by atoms with Gasteiger partial charge in [-0.25, -0.2) is 9.97 Å². The largest absolute Gasteiger partial charge is 0.350 e. The van der Waals surface area contributed by atoms with Crippen molar-refractivity contribution in [1.82, 2.24) is 40.4 Å². The van der Waals surface area contributed by atoms with E-state index in [-0.39, 0.29) is 24.5 Å². The summed E-state index contributed by atoms with van der Waals surface area (Å²) in [5, 5.41) is 6.47. The first kappa shape index (κ1) is 31.2. The number of hydrogen-bond acceptors (Lipinski definition) is 6. The summed E-state index contributed by atoms with van der Waals surface area (Å²) in [6, 6.07) is 21.0. The molecule has 10 heteroatoms. The van der Waals surface area contributed by atoms with Crippen LogP contribution in [0.1, 0.15) is 92.4 Å². The van der Waals surface area contributed by atoms with Crippen molar-refractivity contribution in [1.29, 1.82) is 0 Å². The minimum absolute atomic E-state index is 0.00908. The molecule has 2 aromatic heterocycles. The number of rotatable bonds is 8. The quantitative estimate of drug-likeness (QED) is 0.139. The molecule has 3 saturated heterocycles. The topological polar surface area (TPSA) is 122 Å². The summed E-state index contributed by atoms with van der Waals surface area (Å²) in [5.41, 5.74) is 11.9. The predicted octanol–water partition coefficient (Wildman–Crippen LogP) is 6.58. The van der Waals surface area contributed by atoms with Crippen molar-refractivity contribution in [2.45, 2.75) is 69.6 Å². The van der Waals surface area contributed by atoms with Gasteiger partial charge in [-0.15, -0.1) is 0 Å². The van der Waals surface area contributed by atoms with Crippen molar-refractivity contribution in [3.63, 3.8) is 0 Å². The van der Waals surface area contributed by atoms with E-state index >= 15 is 0 Å². The fourth-order valence-electron chi connectivity index (χ4n) is 9.24. The van der Waals surface area contributed by atoms with Crippen molar-refractivity contribution < 1.29 is 9.59 Å². The minimum atomic E-state index is -0.113. The number of carbonyl (C=O) groups excluding carboxylic acids is 2. The highest BCUT2D eigenvalue weighted by atomic mass is 16.2. The van der Waals surface area contributed by atoms with Crippen molar-refractivity contribution in [3.05, 3.63) is 83.6 Å². The average Bonchev–Trinajstić information content (AvgIpc) is 3.97. The molecule has 4 aliphatic rings. The first-order valence-corrected chi connectivity index (χ1v) is 18.2. The fraction of sp³-hybridized carbons (Fsp3) is 0.400. The molecule has 3 fully saturated rings. The molecule has 10 nitrogen and oxygen atoms in total. The maximum atomic E-state index is 12.8. The number of amides is 2. The Morgan fingerprint density at radius 3 is 2.38 bits per heavy atom. The lowest BCUT2D eigenvalue weighted by Crippen LogP contribution is -2.37. The Morgan fingerprint density at radius 1 is 0.880 bits per heavy atom. The standard InChI is InChI=1S/C40H44N8O2/c1-23-17-31-37-27(25-9-7-24(8-10-25)26-11-14-29-30(19-26)45-40(44-29)34-5-3-15-47(34)2)12-13-28(38(37)32(18-23)43-31)33-20-42-39(46-33)35-6-4-16-48(35)36(50)21-41-22-49/h7-14,19-20,22-23,31-32,34-35,43H,3-6,15-18,21H2,1-2H3,(H,41,49)(H,42,46)(H,44,45). The van der Waals surface area contributed by atoms with Gasteiger partial charge in [0.2, 0.25) is 12.3 Å². The molecule has 5 atom stereocenters. The van der Waals surface area contributed by atoms with Crippen LogP contribution in [0.3, 0.4) is 0 Å². The lowest BCUT2D eigenvalue weighted by atomic mass is 9.88. The Hall–Kier alpha value is -4.80. The van der Waals surface area contributed by atoms with Gasteiger partial charge in [-0.3, -0.25) is 14.5 Å². The van der Waals surface area contributed by atoms with Crippen LogP contribution < -0.4 is 10.6 Å². The molecule has 256 valence electrons. The number of hydrogen-bond donors (Lipinski definition) is 4. The van der Waals surface area contributed by atoms with Gasteiger partial charge in [-0.2, -0.15) is 0 Å². The third-order valence-corrected chi connectivity index (χ3v) is 11.6. The molecule has 2 amide bonds. The Bertz CT molecular complexity index is 2080. The SMILES string of the molecule is CC1CC2NC(C1)c1c(-c3cnc(C4CCCN4C(=O)CNC=O)[nH]3)ccc(-c3ccc(-c4ccc5nc(C6CCCN6C)[nH]c5c4)cc3)c12. The van der Waals surface area contributed by atoms with Gasteiger partial charge >= 0.3 is 0 Å². The molecule has 0 aliphatic carbocycles. The second-order valence-electron chi connectivity index (χ2n) is 14.8. The van der Waals surface area contributed by atoms with Crippen LogP contribution >= 0.6 is 0 Å². The number of nitrogens with one attached hydrogen (secondary N) is 4. The van der Waals surface area contributed by atoms with Gasteiger partial charge in [-0.1, -0.05) is 49.4 Å². The normalized spacial score (nSPS) is 24.6. The molecule has 5 aromatic rings. The van der Waals surface area contributed by atoms with E-state index in [4.69, 9.17) is 9.97 Å². The van der Waals surface area contributed by atoms with Crippen LogP contribution in [0.25, 0.3) is 44.5 Å². The maximum Gasteiger partial charge on any atom is 0.242 e. The Kier molecular flexibility index (Phi) is 7.81. The number of imidazole rings is 2. The molecule has 6 heterocycles. The van der Waals surface area contributed by atoms with E-state index in [2.05, 4.69) is 94.1 Å². The number of fused-ring (bicyclic) bond motifs is 6. The molecule has 0 spiro atoms. The van der Waals surface area contributed by atoms with E-state index in [1.807, 2.05) is 11.1 Å². The van der Waals surface area contributed by atoms with Crippen LogP contribution in [-0.4, -0.2) is 68.7 Å². The number of likely N-dealkylation sites (tertiary alicyclic amines) is 2. The number of aromatic amines is 2. The van der Waals surface area contributed by atoms with Crippen molar-refractivity contribution in [2.75, 3.05) is 26.7 Å². The number of nitrogens with zero attached hydrogens (tertiary/aromatic N) is 4. The summed E-state index contributed by atoms with van der Waals surface area (Å²) in [6.07, 6.45) is 8.86. The average molecular weight is 669 g/mol. The summed E-state index contributed by atoms with van der Waals surface area (Å²) in [4.78, 5) is 44.8. The molecule has 3 aromatic carbocycles. The van der Waals surface area contributed by atoms with Gasteiger partial charge in [0.05, 0.1) is 41.6 Å². The Labute approximate surface area is 292 Å². The molecule has 9 rings (SSSR count). The zero-order valence-corrected chi connectivity index (χ0v) is 28.7. The van der Waals surface area contributed by atoms with Gasteiger partial charge in [-0.05, 0) is 104 Å². The third kappa shape index (κ3) is 5.32. The molecular weight excluding hydrogens is 624 g/mol. The van der Waals surface area contributed by atoms with E-state index < -0.39 is 0 Å². The Morgan fingerprint density at radius 2 is 1.60 bits per heavy atom. The summed E-state index contributed by atoms with van der Waals surface area (Å²) in [6.45, 7) is 4.17. The molecule has 2 bridgehead atoms. The lowest BCUT2D eigenvalue weighted by Gasteiger charge is -2.27. The van der Waals surface area contributed by atoms with Crippen LogP contribution in [0, 0.1) is 5.92 Å². The molecule has 0 radical (unpaired) electrons.